The molecular formula is C13H13F3N4O3. The maximum absolute atomic E-state index is 12.1. The van der Waals surface area contributed by atoms with Crippen LogP contribution in [0.4, 0.5) is 13.2 Å². The molecule has 3 rings (SSSR count). The molecule has 0 aliphatic carbocycles. The fraction of sp³-hybridized carbons (Fsp3) is 0.462. The Bertz CT molecular complexity index is 662. The van der Waals surface area contributed by atoms with Gasteiger partial charge in [0.15, 0.2) is 0 Å². The number of aliphatic hydroxyl groups is 1. The summed E-state index contributed by atoms with van der Waals surface area (Å²) in [4.78, 5) is 3.88. The van der Waals surface area contributed by atoms with Crippen LogP contribution in [0.15, 0.2) is 24.5 Å². The predicted molar refractivity (Wildman–Crippen MR) is 70.3 cm³/mol. The van der Waals surface area contributed by atoms with E-state index >= 15 is 0 Å². The quantitative estimate of drug-likeness (QED) is 0.888. The Labute approximate surface area is 128 Å². The third-order valence-corrected chi connectivity index (χ3v) is 3.42. The van der Waals surface area contributed by atoms with Gasteiger partial charge in [0.25, 0.3) is 0 Å². The smallest absolute Gasteiger partial charge is 0.404 e. The molecule has 1 saturated heterocycles. The first-order chi connectivity index (χ1) is 10.9. The van der Waals surface area contributed by atoms with Crippen molar-refractivity contribution < 1.29 is 27.8 Å². The number of pyridine rings is 1. The summed E-state index contributed by atoms with van der Waals surface area (Å²) >= 11 is 0. The van der Waals surface area contributed by atoms with E-state index in [0.29, 0.717) is 31.1 Å². The first kappa shape index (κ1) is 15.7. The van der Waals surface area contributed by atoms with Gasteiger partial charge < -0.3 is 14.6 Å². The van der Waals surface area contributed by atoms with E-state index in [4.69, 9.17) is 4.74 Å². The number of nitrogens with zero attached hydrogens (tertiary/aromatic N) is 4. The second-order valence-electron chi connectivity index (χ2n) is 5.38. The second-order valence-corrected chi connectivity index (χ2v) is 5.38. The molecule has 7 nitrogen and oxygen atoms in total. The molecule has 2 aromatic heterocycles. The van der Waals surface area contributed by atoms with Gasteiger partial charge in [0.1, 0.15) is 11.4 Å². The summed E-state index contributed by atoms with van der Waals surface area (Å²) in [5, 5.41) is 17.3. The number of halogens is 3. The summed E-state index contributed by atoms with van der Waals surface area (Å²) in [5.74, 6) is -0.403. The minimum atomic E-state index is -4.75. The fourth-order valence-electron chi connectivity index (χ4n) is 2.19. The van der Waals surface area contributed by atoms with Gasteiger partial charge in [-0.3, -0.25) is 9.67 Å². The summed E-state index contributed by atoms with van der Waals surface area (Å²) in [6, 6.07) is 2.52. The Balaban J connectivity index is 1.70. The van der Waals surface area contributed by atoms with Gasteiger partial charge in [-0.2, -0.15) is 0 Å². The third kappa shape index (κ3) is 3.59. The summed E-state index contributed by atoms with van der Waals surface area (Å²) in [6.45, 7) is 1.30. The van der Waals surface area contributed by atoms with Crippen LogP contribution < -0.4 is 4.74 Å². The molecule has 124 valence electrons. The molecule has 0 saturated carbocycles. The largest absolute Gasteiger partial charge is 0.573 e. The van der Waals surface area contributed by atoms with Crippen LogP contribution in [0.25, 0.3) is 11.4 Å². The Morgan fingerprint density at radius 3 is 2.61 bits per heavy atom. The number of hydrogen-bond donors (Lipinski definition) is 1. The van der Waals surface area contributed by atoms with Crippen molar-refractivity contribution in [2.45, 2.75) is 12.9 Å². The van der Waals surface area contributed by atoms with Gasteiger partial charge in [-0.1, -0.05) is 5.21 Å². The van der Waals surface area contributed by atoms with Crippen LogP contribution in [-0.4, -0.2) is 51.3 Å². The number of aromatic nitrogens is 4. The fourth-order valence-corrected chi connectivity index (χ4v) is 2.19. The minimum Gasteiger partial charge on any atom is -0.404 e. The molecule has 0 unspecified atom stereocenters. The average molecular weight is 330 g/mol. The molecular weight excluding hydrogens is 317 g/mol. The van der Waals surface area contributed by atoms with E-state index in [2.05, 4.69) is 20.0 Å². The molecule has 0 bridgehead atoms. The van der Waals surface area contributed by atoms with Crippen LogP contribution in [0.3, 0.4) is 0 Å². The van der Waals surface area contributed by atoms with Crippen LogP contribution in [0.5, 0.6) is 5.75 Å². The maximum Gasteiger partial charge on any atom is 0.573 e. The lowest BCUT2D eigenvalue weighted by atomic mass is 9.87. The van der Waals surface area contributed by atoms with Crippen molar-refractivity contribution in [3.05, 3.63) is 24.5 Å². The molecule has 1 fully saturated rings. The molecule has 0 aromatic carbocycles. The lowest BCUT2D eigenvalue weighted by molar-refractivity contribution is -0.274. The second kappa shape index (κ2) is 5.78. The molecule has 1 N–H and O–H groups in total. The Morgan fingerprint density at radius 1 is 1.30 bits per heavy atom. The van der Waals surface area contributed by atoms with Crippen molar-refractivity contribution in [2.24, 2.45) is 5.41 Å². The number of aliphatic hydroxyl groups excluding tert-OH is 1. The lowest BCUT2D eigenvalue weighted by Gasteiger charge is -2.39. The van der Waals surface area contributed by atoms with Crippen molar-refractivity contribution >= 4 is 0 Å². The van der Waals surface area contributed by atoms with E-state index < -0.39 is 12.1 Å². The first-order valence-electron chi connectivity index (χ1n) is 6.70. The number of rotatable bonds is 5. The molecule has 0 atom stereocenters. The number of alkyl halides is 3. The third-order valence-electron chi connectivity index (χ3n) is 3.42. The van der Waals surface area contributed by atoms with Crippen molar-refractivity contribution in [3.8, 4) is 17.1 Å². The van der Waals surface area contributed by atoms with Gasteiger partial charge in [0.05, 0.1) is 49.9 Å². The van der Waals surface area contributed by atoms with Gasteiger partial charge in [-0.15, -0.1) is 18.3 Å². The molecule has 10 heteroatoms. The standard InChI is InChI=1S/C13H13F3N4O3/c14-13(15,16)23-9-1-2-10(17-3-9)11-4-20(19-18-11)5-12(6-21)7-22-8-12/h1-4,21H,5-8H2. The predicted octanol–water partition coefficient (Wildman–Crippen LogP) is 1.25. The monoisotopic (exact) mass is 330 g/mol. The van der Waals surface area contributed by atoms with E-state index in [1.807, 2.05) is 0 Å². The highest BCUT2D eigenvalue weighted by Crippen LogP contribution is 2.29. The Morgan fingerprint density at radius 2 is 2.09 bits per heavy atom. The van der Waals surface area contributed by atoms with Crippen LogP contribution in [0.2, 0.25) is 0 Å². The van der Waals surface area contributed by atoms with Gasteiger partial charge in [0, 0.05) is 0 Å². The van der Waals surface area contributed by atoms with Crippen LogP contribution in [0, 0.1) is 5.41 Å². The highest BCUT2D eigenvalue weighted by atomic mass is 19.4. The van der Waals surface area contributed by atoms with E-state index in [9.17, 15) is 18.3 Å². The van der Waals surface area contributed by atoms with E-state index in [-0.39, 0.29) is 12.0 Å². The molecule has 1 aliphatic heterocycles. The van der Waals surface area contributed by atoms with Crippen LogP contribution in [0.1, 0.15) is 0 Å². The normalized spacial score (nSPS) is 16.9. The molecule has 0 amide bonds. The van der Waals surface area contributed by atoms with Gasteiger partial charge in [-0.25, -0.2) is 0 Å². The summed E-state index contributed by atoms with van der Waals surface area (Å²) in [5.41, 5.74) is 0.425. The summed E-state index contributed by atoms with van der Waals surface area (Å²) in [7, 11) is 0. The SMILES string of the molecule is OCC1(Cn2cc(-c3ccc(OC(F)(F)F)cn3)nn2)COC1. The summed E-state index contributed by atoms with van der Waals surface area (Å²) in [6.07, 6.45) is -2.17. The molecule has 0 radical (unpaired) electrons. The Hall–Kier alpha value is -2.20. The summed E-state index contributed by atoms with van der Waals surface area (Å²) < 4.78 is 46.7. The van der Waals surface area contributed by atoms with Gasteiger partial charge >= 0.3 is 6.36 Å². The van der Waals surface area contributed by atoms with E-state index in [1.54, 1.807) is 10.9 Å². The van der Waals surface area contributed by atoms with Crippen molar-refractivity contribution in [1.82, 2.24) is 20.0 Å². The van der Waals surface area contributed by atoms with Crippen molar-refractivity contribution in [2.75, 3.05) is 19.8 Å². The van der Waals surface area contributed by atoms with Crippen molar-refractivity contribution in [3.63, 3.8) is 0 Å². The zero-order valence-corrected chi connectivity index (χ0v) is 11.8. The van der Waals surface area contributed by atoms with Crippen LogP contribution >= 0.6 is 0 Å². The Kier molecular flexibility index (Phi) is 3.94. The highest BCUT2D eigenvalue weighted by Gasteiger charge is 2.39. The van der Waals surface area contributed by atoms with E-state index in [0.717, 1.165) is 12.3 Å². The zero-order chi connectivity index (χ0) is 16.5. The lowest BCUT2D eigenvalue weighted by Crippen LogP contribution is -2.48. The maximum atomic E-state index is 12.1. The topological polar surface area (TPSA) is 82.3 Å². The minimum absolute atomic E-state index is 0.0239. The molecule has 23 heavy (non-hydrogen) atoms. The van der Waals surface area contributed by atoms with Gasteiger partial charge in [0.2, 0.25) is 0 Å². The molecule has 3 heterocycles. The molecule has 2 aromatic rings. The average Bonchev–Trinajstić information content (AvgIpc) is 2.90. The highest BCUT2D eigenvalue weighted by molar-refractivity contribution is 5.52. The van der Waals surface area contributed by atoms with E-state index in [1.165, 1.54) is 6.07 Å². The van der Waals surface area contributed by atoms with Gasteiger partial charge in [-0.05, 0) is 12.1 Å². The van der Waals surface area contributed by atoms with Crippen LogP contribution in [-0.2, 0) is 11.3 Å². The number of hydrogen-bond acceptors (Lipinski definition) is 6. The first-order valence-corrected chi connectivity index (χ1v) is 6.70. The number of ether oxygens (including phenoxy) is 2. The zero-order valence-electron chi connectivity index (χ0n) is 11.8. The van der Waals surface area contributed by atoms with Crippen molar-refractivity contribution in [1.29, 1.82) is 0 Å². The molecule has 1 aliphatic rings. The molecule has 0 spiro atoms.